The van der Waals surface area contributed by atoms with Gasteiger partial charge in [0.2, 0.25) is 10.0 Å². The van der Waals surface area contributed by atoms with Crippen LogP contribution in [0.5, 0.6) is 0 Å². The van der Waals surface area contributed by atoms with Gasteiger partial charge in [-0.15, -0.1) is 0 Å². The molecule has 0 amide bonds. The number of benzene rings is 1. The van der Waals surface area contributed by atoms with Crippen LogP contribution in [-0.4, -0.2) is 21.5 Å². The summed E-state index contributed by atoms with van der Waals surface area (Å²) in [6.45, 7) is -0.192. The molecular formula is C8H9F3N2O2S. The van der Waals surface area contributed by atoms with Gasteiger partial charge in [0.15, 0.2) is 4.90 Å². The Morgan fingerprint density at radius 1 is 1.19 bits per heavy atom. The molecule has 0 aliphatic carbocycles. The predicted octanol–water partition coefficient (Wildman–Crippen LogP) is 0.341. The van der Waals surface area contributed by atoms with Crippen LogP contribution in [0.4, 0.5) is 13.2 Å². The molecular weight excluding hydrogens is 245 g/mol. The maximum Gasteiger partial charge on any atom is 0.246 e. The van der Waals surface area contributed by atoms with E-state index in [1.54, 1.807) is 0 Å². The van der Waals surface area contributed by atoms with Crippen LogP contribution < -0.4 is 10.5 Å². The minimum absolute atomic E-state index is 0.0241. The van der Waals surface area contributed by atoms with Crippen LogP contribution in [0, 0.1) is 17.5 Å². The van der Waals surface area contributed by atoms with Crippen molar-refractivity contribution in [3.05, 3.63) is 29.6 Å². The maximum atomic E-state index is 13.1. The minimum atomic E-state index is -4.35. The van der Waals surface area contributed by atoms with Crippen LogP contribution in [0.3, 0.4) is 0 Å². The first-order valence-electron chi connectivity index (χ1n) is 4.23. The molecule has 0 unspecified atom stereocenters. The lowest BCUT2D eigenvalue weighted by molar-refractivity contribution is 0.494. The van der Waals surface area contributed by atoms with Crippen molar-refractivity contribution in [1.82, 2.24) is 4.72 Å². The van der Waals surface area contributed by atoms with E-state index in [1.807, 2.05) is 4.72 Å². The maximum absolute atomic E-state index is 13.1. The summed E-state index contributed by atoms with van der Waals surface area (Å²) < 4.78 is 63.4. The molecule has 3 N–H and O–H groups in total. The second kappa shape index (κ2) is 4.81. The molecule has 0 radical (unpaired) electrons. The van der Waals surface area contributed by atoms with E-state index in [-0.39, 0.29) is 13.1 Å². The van der Waals surface area contributed by atoms with Crippen molar-refractivity contribution in [2.75, 3.05) is 13.1 Å². The van der Waals surface area contributed by atoms with Gasteiger partial charge >= 0.3 is 0 Å². The highest BCUT2D eigenvalue weighted by molar-refractivity contribution is 7.89. The van der Waals surface area contributed by atoms with Crippen molar-refractivity contribution in [3.63, 3.8) is 0 Å². The zero-order valence-corrected chi connectivity index (χ0v) is 8.82. The smallest absolute Gasteiger partial charge is 0.246 e. The van der Waals surface area contributed by atoms with Gasteiger partial charge in [-0.25, -0.2) is 26.3 Å². The fourth-order valence-corrected chi connectivity index (χ4v) is 2.21. The van der Waals surface area contributed by atoms with E-state index >= 15 is 0 Å². The standard InChI is InChI=1S/C8H9F3N2O2S/c9-5-3-6(10)8(7(11)4-5)16(14,15)13-2-1-12/h3-4,13H,1-2,12H2. The first-order valence-corrected chi connectivity index (χ1v) is 5.71. The molecule has 0 aliphatic heterocycles. The molecule has 0 aliphatic rings. The van der Waals surface area contributed by atoms with Gasteiger partial charge in [0.05, 0.1) is 0 Å². The van der Waals surface area contributed by atoms with E-state index in [4.69, 9.17) is 5.73 Å². The van der Waals surface area contributed by atoms with Crippen molar-refractivity contribution in [2.45, 2.75) is 4.90 Å². The van der Waals surface area contributed by atoms with Crippen molar-refractivity contribution in [3.8, 4) is 0 Å². The molecule has 0 aromatic heterocycles. The average Bonchev–Trinajstić information content (AvgIpc) is 2.12. The Bertz CT molecular complexity index is 467. The fourth-order valence-electron chi connectivity index (χ4n) is 1.05. The lowest BCUT2D eigenvalue weighted by Gasteiger charge is -2.07. The Morgan fingerprint density at radius 3 is 2.12 bits per heavy atom. The number of halogens is 3. The van der Waals surface area contributed by atoms with Crippen LogP contribution in [0.1, 0.15) is 0 Å². The summed E-state index contributed by atoms with van der Waals surface area (Å²) in [5.41, 5.74) is 5.04. The first-order chi connectivity index (χ1) is 7.38. The molecule has 0 bridgehead atoms. The highest BCUT2D eigenvalue weighted by Crippen LogP contribution is 2.19. The Morgan fingerprint density at radius 2 is 1.69 bits per heavy atom. The normalized spacial score (nSPS) is 11.8. The second-order valence-corrected chi connectivity index (χ2v) is 4.59. The molecule has 0 spiro atoms. The van der Waals surface area contributed by atoms with Gasteiger partial charge in [0, 0.05) is 25.2 Å². The topological polar surface area (TPSA) is 72.2 Å². The summed E-state index contributed by atoms with van der Waals surface area (Å²) in [7, 11) is -4.35. The van der Waals surface area contributed by atoms with E-state index < -0.39 is 32.4 Å². The van der Waals surface area contributed by atoms with E-state index in [9.17, 15) is 21.6 Å². The van der Waals surface area contributed by atoms with Crippen molar-refractivity contribution >= 4 is 10.0 Å². The van der Waals surface area contributed by atoms with Crippen molar-refractivity contribution in [1.29, 1.82) is 0 Å². The summed E-state index contributed by atoms with van der Waals surface area (Å²) >= 11 is 0. The zero-order chi connectivity index (χ0) is 12.3. The van der Waals surface area contributed by atoms with Crippen LogP contribution in [0.25, 0.3) is 0 Å². The van der Waals surface area contributed by atoms with Gasteiger partial charge < -0.3 is 5.73 Å². The average molecular weight is 254 g/mol. The van der Waals surface area contributed by atoms with Gasteiger partial charge in [-0.05, 0) is 0 Å². The number of nitrogens with one attached hydrogen (secondary N) is 1. The number of sulfonamides is 1. The van der Waals surface area contributed by atoms with Gasteiger partial charge in [-0.3, -0.25) is 0 Å². The number of hydrogen-bond donors (Lipinski definition) is 2. The quantitative estimate of drug-likeness (QED) is 0.814. The molecule has 1 aromatic rings. The second-order valence-electron chi connectivity index (χ2n) is 2.89. The largest absolute Gasteiger partial charge is 0.329 e. The number of rotatable bonds is 4. The highest BCUT2D eigenvalue weighted by Gasteiger charge is 2.24. The Kier molecular flexibility index (Phi) is 3.89. The highest BCUT2D eigenvalue weighted by atomic mass is 32.2. The first kappa shape index (κ1) is 12.9. The minimum Gasteiger partial charge on any atom is -0.329 e. The Labute approximate surface area is 90.3 Å². The summed E-state index contributed by atoms with van der Waals surface area (Å²) in [5, 5.41) is 0. The lowest BCUT2D eigenvalue weighted by atomic mass is 10.3. The third-order valence-corrected chi connectivity index (χ3v) is 3.18. The summed E-state index contributed by atoms with van der Waals surface area (Å²) in [6, 6.07) is 0.584. The van der Waals surface area contributed by atoms with Crippen LogP contribution in [0.15, 0.2) is 17.0 Å². The van der Waals surface area contributed by atoms with E-state index in [0.717, 1.165) is 0 Å². The third-order valence-electron chi connectivity index (χ3n) is 1.67. The summed E-state index contributed by atoms with van der Waals surface area (Å²) in [4.78, 5) is -1.21. The molecule has 0 saturated heterocycles. The monoisotopic (exact) mass is 254 g/mol. The van der Waals surface area contributed by atoms with Crippen LogP contribution in [0.2, 0.25) is 0 Å². The van der Waals surface area contributed by atoms with Gasteiger partial charge in [-0.2, -0.15) is 0 Å². The summed E-state index contributed by atoms with van der Waals surface area (Å²) in [5.74, 6) is -4.16. The molecule has 1 aromatic carbocycles. The molecule has 0 atom stereocenters. The molecule has 4 nitrogen and oxygen atoms in total. The summed E-state index contributed by atoms with van der Waals surface area (Å²) in [6.07, 6.45) is 0. The third kappa shape index (κ3) is 2.71. The Balaban J connectivity index is 3.23. The van der Waals surface area contributed by atoms with Gasteiger partial charge in [-0.1, -0.05) is 0 Å². The van der Waals surface area contributed by atoms with Crippen LogP contribution in [-0.2, 0) is 10.0 Å². The van der Waals surface area contributed by atoms with E-state index in [2.05, 4.69) is 0 Å². The molecule has 0 heterocycles. The number of hydrogen-bond acceptors (Lipinski definition) is 3. The SMILES string of the molecule is NCCNS(=O)(=O)c1c(F)cc(F)cc1F. The lowest BCUT2D eigenvalue weighted by Crippen LogP contribution is -2.30. The molecule has 90 valence electrons. The predicted molar refractivity (Wildman–Crippen MR) is 50.6 cm³/mol. The zero-order valence-electron chi connectivity index (χ0n) is 8.00. The molecule has 0 saturated carbocycles. The molecule has 16 heavy (non-hydrogen) atoms. The van der Waals surface area contributed by atoms with E-state index in [0.29, 0.717) is 12.1 Å². The van der Waals surface area contributed by atoms with Crippen molar-refractivity contribution in [2.24, 2.45) is 5.73 Å². The van der Waals surface area contributed by atoms with Gasteiger partial charge in [0.25, 0.3) is 0 Å². The van der Waals surface area contributed by atoms with E-state index in [1.165, 1.54) is 0 Å². The fraction of sp³-hybridized carbons (Fsp3) is 0.250. The van der Waals surface area contributed by atoms with Crippen molar-refractivity contribution < 1.29 is 21.6 Å². The van der Waals surface area contributed by atoms with Crippen LogP contribution >= 0.6 is 0 Å². The molecule has 8 heteroatoms. The van der Waals surface area contributed by atoms with Gasteiger partial charge in [0.1, 0.15) is 17.5 Å². The Hall–Kier alpha value is -1.12. The molecule has 1 rings (SSSR count). The number of nitrogens with two attached hydrogens (primary N) is 1. The molecule has 0 fully saturated rings.